The smallest absolute Gasteiger partial charge is 0.337 e. The predicted octanol–water partition coefficient (Wildman–Crippen LogP) is 3.73. The molecule has 0 fully saturated rings. The molecule has 1 aromatic heterocycles. The number of azo groups is 1. The molecule has 0 aliphatic heterocycles. The van der Waals surface area contributed by atoms with Crippen LogP contribution in [0.3, 0.4) is 0 Å². The van der Waals surface area contributed by atoms with Gasteiger partial charge in [0.15, 0.2) is 5.69 Å². The maximum absolute atomic E-state index is 13.2. The van der Waals surface area contributed by atoms with Gasteiger partial charge < -0.3 is 15.5 Å². The number of pyridine rings is 1. The molecule has 2 aromatic carbocycles. The Morgan fingerprint density at radius 2 is 1.70 bits per heavy atom. The van der Waals surface area contributed by atoms with Crippen LogP contribution in [0.25, 0.3) is 0 Å². The normalized spacial score (nSPS) is 12.4. The van der Waals surface area contributed by atoms with Gasteiger partial charge in [0.1, 0.15) is 11.3 Å². The number of rotatable bonds is 8. The minimum absolute atomic E-state index is 0.00196. The van der Waals surface area contributed by atoms with E-state index in [9.17, 15) is 33.0 Å². The summed E-state index contributed by atoms with van der Waals surface area (Å²) in [6, 6.07) is 10.3. The van der Waals surface area contributed by atoms with E-state index in [-0.39, 0.29) is 39.5 Å². The topological polar surface area (TPSA) is 188 Å². The minimum atomic E-state index is -4.38. The number of hydrogen-bond acceptors (Lipinski definition) is 8. The molecule has 0 aliphatic rings. The fraction of sp³-hybridized carbons (Fsp3) is 0.208. The first kappa shape index (κ1) is 27.2. The van der Waals surface area contributed by atoms with E-state index in [2.05, 4.69) is 15.5 Å². The highest BCUT2D eigenvalue weighted by Gasteiger charge is 2.25. The molecule has 0 aliphatic carbocycles. The average Bonchev–Trinajstić information content (AvgIpc) is 2.83. The molecule has 37 heavy (non-hydrogen) atoms. The van der Waals surface area contributed by atoms with Crippen molar-refractivity contribution in [3.8, 4) is 5.88 Å². The molecule has 3 aromatic rings. The van der Waals surface area contributed by atoms with Crippen LogP contribution in [0.4, 0.5) is 11.4 Å². The number of carboxylic acids is 1. The van der Waals surface area contributed by atoms with Crippen LogP contribution in [0, 0.1) is 6.92 Å². The van der Waals surface area contributed by atoms with E-state index in [0.29, 0.717) is 5.56 Å². The third kappa shape index (κ3) is 5.73. The molecule has 194 valence electrons. The first-order valence-corrected chi connectivity index (χ1v) is 12.4. The Morgan fingerprint density at radius 1 is 1.08 bits per heavy atom. The number of nitrogens with zero attached hydrogens (tertiary/aromatic N) is 3. The van der Waals surface area contributed by atoms with E-state index >= 15 is 0 Å². The Balaban J connectivity index is 2.01. The first-order chi connectivity index (χ1) is 17.4. The monoisotopic (exact) mass is 528 g/mol. The van der Waals surface area contributed by atoms with Crippen molar-refractivity contribution in [3.63, 3.8) is 0 Å². The molecular formula is C24H24N4O8S. The summed E-state index contributed by atoms with van der Waals surface area (Å²) in [6.45, 7) is 4.61. The summed E-state index contributed by atoms with van der Waals surface area (Å²) in [5.74, 6) is -2.56. The molecule has 0 spiro atoms. The second kappa shape index (κ2) is 10.7. The molecule has 0 bridgehead atoms. The fourth-order valence-corrected chi connectivity index (χ4v) is 4.09. The van der Waals surface area contributed by atoms with Crippen molar-refractivity contribution in [2.45, 2.75) is 38.3 Å². The van der Waals surface area contributed by atoms with Crippen LogP contribution in [0.5, 0.6) is 5.88 Å². The molecule has 12 nitrogen and oxygen atoms in total. The Bertz CT molecular complexity index is 1560. The molecule has 0 saturated heterocycles. The van der Waals surface area contributed by atoms with Crippen molar-refractivity contribution < 1.29 is 32.8 Å². The van der Waals surface area contributed by atoms with Gasteiger partial charge in [-0.05, 0) is 50.6 Å². The number of aromatic hydroxyl groups is 1. The molecule has 0 saturated carbocycles. The standard InChI is InChI=1S/C24H24N4O8S/c1-4-28-22(30)19(21(29)25-14(3)15-9-11-16(12-10-15)37(34,35)36)13(2)20(23(28)31)27-26-18-8-6-5-7-17(18)24(32)33/h5-12,14,30H,4H2,1-3H3,(H,25,29)(H,32,33)(H,34,35,36). The summed E-state index contributed by atoms with van der Waals surface area (Å²) in [6.07, 6.45) is 0. The zero-order chi connectivity index (χ0) is 27.5. The number of carboxylic acid groups (broad SMARTS) is 1. The minimum Gasteiger partial charge on any atom is -0.494 e. The van der Waals surface area contributed by atoms with Gasteiger partial charge in [0, 0.05) is 12.1 Å². The number of nitrogens with one attached hydrogen (secondary N) is 1. The van der Waals surface area contributed by atoms with Gasteiger partial charge in [-0.15, -0.1) is 10.2 Å². The highest BCUT2D eigenvalue weighted by molar-refractivity contribution is 7.85. The van der Waals surface area contributed by atoms with Crippen molar-refractivity contribution in [2.24, 2.45) is 10.2 Å². The highest BCUT2D eigenvalue weighted by atomic mass is 32.2. The SMILES string of the molecule is CCn1c(O)c(C(=O)NC(C)c2ccc(S(=O)(=O)O)cc2)c(C)c(N=Nc2ccccc2C(=O)O)c1=O. The van der Waals surface area contributed by atoms with Crippen LogP contribution in [-0.2, 0) is 16.7 Å². The average molecular weight is 529 g/mol. The largest absolute Gasteiger partial charge is 0.494 e. The predicted molar refractivity (Wildman–Crippen MR) is 132 cm³/mol. The molecule has 1 atom stereocenters. The second-order valence-electron chi connectivity index (χ2n) is 7.98. The summed E-state index contributed by atoms with van der Waals surface area (Å²) in [5.41, 5.74) is -0.816. The fourth-order valence-electron chi connectivity index (χ4n) is 3.61. The summed E-state index contributed by atoms with van der Waals surface area (Å²) >= 11 is 0. The molecule has 4 N–H and O–H groups in total. The van der Waals surface area contributed by atoms with Crippen molar-refractivity contribution >= 4 is 33.4 Å². The molecule has 1 heterocycles. The van der Waals surface area contributed by atoms with Gasteiger partial charge in [0.25, 0.3) is 21.6 Å². The molecule has 1 unspecified atom stereocenters. The number of aromatic carboxylic acids is 1. The van der Waals surface area contributed by atoms with Crippen LogP contribution >= 0.6 is 0 Å². The number of carbonyl (C=O) groups is 2. The molecule has 3 rings (SSSR count). The van der Waals surface area contributed by atoms with Gasteiger partial charge >= 0.3 is 5.97 Å². The van der Waals surface area contributed by atoms with E-state index in [1.54, 1.807) is 19.9 Å². The Labute approximate surface area is 211 Å². The lowest BCUT2D eigenvalue weighted by Crippen LogP contribution is -2.30. The van der Waals surface area contributed by atoms with Gasteiger partial charge in [-0.1, -0.05) is 24.3 Å². The van der Waals surface area contributed by atoms with E-state index in [0.717, 1.165) is 4.57 Å². The van der Waals surface area contributed by atoms with Crippen molar-refractivity contribution in [3.05, 3.63) is 81.1 Å². The van der Waals surface area contributed by atoms with Crippen molar-refractivity contribution in [1.29, 1.82) is 0 Å². The lowest BCUT2D eigenvalue weighted by molar-refractivity contribution is 0.0697. The van der Waals surface area contributed by atoms with Crippen molar-refractivity contribution in [1.82, 2.24) is 9.88 Å². The van der Waals surface area contributed by atoms with E-state index in [1.807, 2.05) is 0 Å². The van der Waals surface area contributed by atoms with E-state index < -0.39 is 39.5 Å². The van der Waals surface area contributed by atoms with Crippen molar-refractivity contribution in [2.75, 3.05) is 0 Å². The summed E-state index contributed by atoms with van der Waals surface area (Å²) in [4.78, 5) is 37.3. The second-order valence-corrected chi connectivity index (χ2v) is 9.40. The van der Waals surface area contributed by atoms with Crippen LogP contribution in [0.1, 0.15) is 51.7 Å². The Kier molecular flexibility index (Phi) is 7.89. The lowest BCUT2D eigenvalue weighted by atomic mass is 10.1. The van der Waals surface area contributed by atoms with Gasteiger partial charge in [0.05, 0.1) is 16.5 Å². The van der Waals surface area contributed by atoms with Crippen LogP contribution < -0.4 is 10.9 Å². The number of amides is 1. The number of benzene rings is 2. The van der Waals surface area contributed by atoms with Crippen LogP contribution in [0.15, 0.2) is 68.4 Å². The summed E-state index contributed by atoms with van der Waals surface area (Å²) < 4.78 is 32.6. The van der Waals surface area contributed by atoms with Crippen LogP contribution in [0.2, 0.25) is 0 Å². The van der Waals surface area contributed by atoms with E-state index in [1.165, 1.54) is 49.4 Å². The number of carbonyl (C=O) groups excluding carboxylic acids is 1. The summed E-state index contributed by atoms with van der Waals surface area (Å²) in [7, 11) is -4.38. The third-order valence-electron chi connectivity index (χ3n) is 5.62. The zero-order valence-electron chi connectivity index (χ0n) is 20.0. The van der Waals surface area contributed by atoms with Gasteiger partial charge in [-0.25, -0.2) is 4.79 Å². The zero-order valence-corrected chi connectivity index (χ0v) is 20.9. The molecule has 0 radical (unpaired) electrons. The van der Waals surface area contributed by atoms with Gasteiger partial charge in [-0.2, -0.15) is 8.42 Å². The quantitative estimate of drug-likeness (QED) is 0.251. The van der Waals surface area contributed by atoms with E-state index in [4.69, 9.17) is 4.55 Å². The summed E-state index contributed by atoms with van der Waals surface area (Å²) in [5, 5.41) is 30.6. The highest BCUT2D eigenvalue weighted by Crippen LogP contribution is 2.29. The maximum Gasteiger partial charge on any atom is 0.337 e. The maximum atomic E-state index is 13.2. The van der Waals surface area contributed by atoms with Gasteiger partial charge in [-0.3, -0.25) is 18.7 Å². The third-order valence-corrected chi connectivity index (χ3v) is 6.49. The lowest BCUT2D eigenvalue weighted by Gasteiger charge is -2.18. The Morgan fingerprint density at radius 3 is 2.27 bits per heavy atom. The number of hydrogen-bond donors (Lipinski definition) is 4. The number of aromatic nitrogens is 1. The van der Waals surface area contributed by atoms with Crippen LogP contribution in [-0.4, -0.2) is 39.6 Å². The van der Waals surface area contributed by atoms with Gasteiger partial charge in [0.2, 0.25) is 5.88 Å². The molecular weight excluding hydrogens is 504 g/mol. The molecule has 1 amide bonds. The first-order valence-electron chi connectivity index (χ1n) is 11.0. The Hall–Kier alpha value is -4.36. The molecule has 13 heteroatoms.